The Labute approximate surface area is 505 Å². The fourth-order valence-electron chi connectivity index (χ4n) is 7.98. The number of carbonyl (C=O) groups is 9. The van der Waals surface area contributed by atoms with Crippen LogP contribution in [0.5, 0.6) is 5.75 Å². The Morgan fingerprint density at radius 3 is 1.56 bits per heavy atom. The lowest BCUT2D eigenvalue weighted by atomic mass is 9.98. The van der Waals surface area contributed by atoms with Gasteiger partial charge in [-0.3, -0.25) is 33.6 Å². The number of nitrogens with two attached hydrogens (primary N) is 1. The molecule has 24 heteroatoms. The molecule has 0 aliphatic carbocycles. The minimum atomic E-state index is -1.61. The van der Waals surface area contributed by atoms with Crippen molar-refractivity contribution < 1.29 is 67.2 Å². The summed E-state index contributed by atoms with van der Waals surface area (Å²) in [6.45, 7) is 27.2. The van der Waals surface area contributed by atoms with Crippen LogP contribution in [0.25, 0.3) is 0 Å². The molecule has 2 aromatic rings. The van der Waals surface area contributed by atoms with Gasteiger partial charge in [-0.25, -0.2) is 9.59 Å². The summed E-state index contributed by atoms with van der Waals surface area (Å²) in [6, 6.07) is 4.84. The van der Waals surface area contributed by atoms with Gasteiger partial charge in [0.05, 0.1) is 30.0 Å². The number of carboxylic acid groups (broad SMARTS) is 1. The highest BCUT2D eigenvalue weighted by molar-refractivity contribution is 8.13. The van der Waals surface area contributed by atoms with Gasteiger partial charge in [-0.05, 0) is 144 Å². The number of benzene rings is 2. The quantitative estimate of drug-likeness (QED) is 0.0446. The molecular weight excluding hydrogens is 1120 g/mol. The van der Waals surface area contributed by atoms with E-state index in [1.54, 1.807) is 138 Å². The molecule has 2 aromatic carbocycles. The molecule has 0 spiro atoms. The van der Waals surface area contributed by atoms with Crippen LogP contribution < -0.4 is 47.7 Å². The molecule has 0 aliphatic rings. The fraction of sp³-hybridized carbons (Fsp3) is 0.650. The van der Waals surface area contributed by atoms with Crippen LogP contribution in [-0.2, 0) is 65.4 Å². The van der Waals surface area contributed by atoms with Crippen molar-refractivity contribution in [3.63, 3.8) is 0 Å². The van der Waals surface area contributed by atoms with Gasteiger partial charge in [0, 0.05) is 18.6 Å². The molecule has 22 nitrogen and oxygen atoms in total. The fourth-order valence-corrected chi connectivity index (χ4v) is 9.37. The van der Waals surface area contributed by atoms with Crippen LogP contribution in [0.15, 0.2) is 54.6 Å². The zero-order valence-corrected chi connectivity index (χ0v) is 53.9. The van der Waals surface area contributed by atoms with Crippen LogP contribution in [0.4, 0.5) is 4.79 Å². The monoisotopic (exact) mass is 1220 g/mol. The van der Waals surface area contributed by atoms with E-state index in [4.69, 9.17) is 24.7 Å². The molecule has 0 bridgehead atoms. The van der Waals surface area contributed by atoms with Crippen LogP contribution in [-0.4, -0.2) is 159 Å². The van der Waals surface area contributed by atoms with Crippen molar-refractivity contribution in [2.45, 2.75) is 220 Å². The Balaban J connectivity index is 2.66. The molecule has 0 aromatic heterocycles. The second kappa shape index (κ2) is 34.3. The number of carbonyl (C=O) groups excluding carboxylic acids is 8. The number of aliphatic carboxylic acids is 1. The average molecular weight is 1220 g/mol. The Morgan fingerprint density at radius 1 is 0.560 bits per heavy atom. The van der Waals surface area contributed by atoms with E-state index in [0.29, 0.717) is 47.2 Å². The predicted octanol–water partition coefficient (Wildman–Crippen LogP) is 5.35. The van der Waals surface area contributed by atoms with Crippen molar-refractivity contribution in [1.29, 1.82) is 0 Å². The van der Waals surface area contributed by atoms with Gasteiger partial charge < -0.3 is 67.0 Å². The number of amides is 7. The predicted molar refractivity (Wildman–Crippen MR) is 327 cm³/mol. The van der Waals surface area contributed by atoms with Gasteiger partial charge in [-0.15, -0.1) is 0 Å². The number of thioether (sulfide) groups is 2. The topological polar surface area (TPSA) is 321 Å². The smallest absolute Gasteiger partial charge is 0.408 e. The van der Waals surface area contributed by atoms with Crippen LogP contribution in [0.3, 0.4) is 0 Å². The van der Waals surface area contributed by atoms with Crippen LogP contribution in [0.2, 0.25) is 0 Å². The number of alkyl carbamates (subject to hydrolysis) is 1. The summed E-state index contributed by atoms with van der Waals surface area (Å²) in [5.74, 6) is -6.14. The van der Waals surface area contributed by atoms with E-state index in [1.165, 1.54) is 18.7 Å². The number of rotatable bonds is 32. The highest BCUT2D eigenvalue weighted by atomic mass is 32.2. The summed E-state index contributed by atoms with van der Waals surface area (Å²) in [5, 5.41) is 28.1. The lowest BCUT2D eigenvalue weighted by molar-refractivity contribution is -0.143. The van der Waals surface area contributed by atoms with E-state index in [9.17, 15) is 48.3 Å². The van der Waals surface area contributed by atoms with E-state index in [-0.39, 0.29) is 19.3 Å². The first-order chi connectivity index (χ1) is 38.8. The van der Waals surface area contributed by atoms with Gasteiger partial charge in [-0.1, -0.05) is 81.4 Å². The Bertz CT molecular complexity index is 2480. The van der Waals surface area contributed by atoms with Gasteiger partial charge in [0.15, 0.2) is 0 Å². The lowest BCUT2D eigenvalue weighted by Gasteiger charge is -2.33. The molecule has 0 heterocycles. The number of nitrogens with one attached hydrogen (secondary N) is 7. The summed E-state index contributed by atoms with van der Waals surface area (Å²) in [5.41, 5.74) is 4.32. The molecule has 0 unspecified atom stereocenters. The Kier molecular flexibility index (Phi) is 30.2. The average Bonchev–Trinajstić information content (AvgIpc) is 3.59. The van der Waals surface area contributed by atoms with Gasteiger partial charge in [0.2, 0.25) is 40.6 Å². The number of carboxylic acids is 1. The standard InChI is InChI=1S/C60H96N8O14S2/c1-18-35(3)46(54(75)76)67-50(71)42(31-37-23-21-20-22-24-37)63-48(69)41(19-2)62-52(73)45(34-84-55(77)40(61)29-30-83-17)65-53(74)47(36(4)80-58(8,9)10)68-51(72)44(33-79-57(5,6)7)64-49(70)43(66-56(78)82-60(14,15)16)32-38-25-27-39(28-26-38)81-59(11,12)13/h20-28,35-36,40-47H,18-19,29-34,61H2,1-17H3,(H,62,73)(H,63,69)(H,64,70)(H,65,74)(H,66,78)(H,67,71)(H,68,72)(H,75,76)/t35-,36+,40-,41-,42-,43-,44-,45-,46-,47-/m0/s1. The molecule has 7 amide bonds. The summed E-state index contributed by atoms with van der Waals surface area (Å²) in [7, 11) is 0. The highest BCUT2D eigenvalue weighted by Gasteiger charge is 2.39. The number of hydrogen-bond donors (Lipinski definition) is 9. The summed E-state index contributed by atoms with van der Waals surface area (Å²) >= 11 is 2.17. The largest absolute Gasteiger partial charge is 0.488 e. The first kappa shape index (κ1) is 74.2. The first-order valence-corrected chi connectivity index (χ1v) is 30.8. The van der Waals surface area contributed by atoms with Gasteiger partial charge in [0.25, 0.3) is 0 Å². The maximum atomic E-state index is 14.9. The van der Waals surface area contributed by atoms with E-state index in [1.807, 2.05) is 27.0 Å². The second-order valence-electron chi connectivity index (χ2n) is 24.7. The van der Waals surface area contributed by atoms with E-state index >= 15 is 0 Å². The molecule has 0 fully saturated rings. The number of hydrogen-bond acceptors (Lipinski definition) is 16. The number of ether oxygens (including phenoxy) is 4. The molecule has 0 aliphatic heterocycles. The van der Waals surface area contributed by atoms with Crippen molar-refractivity contribution >= 4 is 76.1 Å². The van der Waals surface area contributed by atoms with Crippen molar-refractivity contribution in [3.8, 4) is 5.75 Å². The molecule has 0 radical (unpaired) electrons. The van der Waals surface area contributed by atoms with Gasteiger partial charge >= 0.3 is 12.1 Å². The molecule has 10 atom stereocenters. The SMILES string of the molecule is CC[C@H](NC(=O)[C@H](CSC(=O)[C@@H](N)CCSC)NC(=O)[C@@H](NC(=O)[C@H](COC(C)(C)C)NC(=O)[C@H](Cc1ccc(OC(C)(C)C)cc1)NC(=O)OC(C)(C)C)[C@@H](C)OC(C)(C)C)C(=O)N[C@@H](Cc1ccccc1)C(=O)N[C@H](C(=O)O)[C@@H](C)CC. The van der Waals surface area contributed by atoms with Gasteiger partial charge in [-0.2, -0.15) is 11.8 Å². The molecule has 0 saturated heterocycles. The van der Waals surface area contributed by atoms with E-state index in [0.717, 1.165) is 0 Å². The second-order valence-corrected chi connectivity index (χ2v) is 26.7. The molecule has 10 N–H and O–H groups in total. The third kappa shape index (κ3) is 28.8. The van der Waals surface area contributed by atoms with Crippen molar-refractivity contribution in [2.24, 2.45) is 11.7 Å². The third-order valence-corrected chi connectivity index (χ3v) is 14.1. The molecule has 0 saturated carbocycles. The normalized spacial score (nSPS) is 15.6. The first-order valence-electron chi connectivity index (χ1n) is 28.4. The molecule has 84 heavy (non-hydrogen) atoms. The van der Waals surface area contributed by atoms with Crippen LogP contribution in [0, 0.1) is 5.92 Å². The zero-order valence-electron chi connectivity index (χ0n) is 52.3. The lowest BCUT2D eigenvalue weighted by Crippen LogP contribution is -2.63. The molecule has 472 valence electrons. The minimum Gasteiger partial charge on any atom is -0.488 e. The highest BCUT2D eigenvalue weighted by Crippen LogP contribution is 2.21. The maximum absolute atomic E-state index is 14.9. The van der Waals surface area contributed by atoms with Crippen LogP contribution >= 0.6 is 23.5 Å². The van der Waals surface area contributed by atoms with E-state index < -0.39 is 148 Å². The Hall–Kier alpha value is -5.95. The summed E-state index contributed by atoms with van der Waals surface area (Å²) in [6.07, 6.45) is 0.453. The molecular formula is C60H96N8O14S2. The van der Waals surface area contributed by atoms with Crippen molar-refractivity contribution in [2.75, 3.05) is 24.4 Å². The van der Waals surface area contributed by atoms with E-state index in [2.05, 4.69) is 37.2 Å². The summed E-state index contributed by atoms with van der Waals surface area (Å²) in [4.78, 5) is 126. The van der Waals surface area contributed by atoms with Gasteiger partial charge in [0.1, 0.15) is 59.2 Å². The van der Waals surface area contributed by atoms with Crippen LogP contribution in [0.1, 0.15) is 141 Å². The molecule has 2 rings (SSSR count). The summed E-state index contributed by atoms with van der Waals surface area (Å²) < 4.78 is 23.8. The van der Waals surface area contributed by atoms with Crippen molar-refractivity contribution in [3.05, 3.63) is 65.7 Å². The van der Waals surface area contributed by atoms with Crippen molar-refractivity contribution in [1.82, 2.24) is 37.2 Å². The maximum Gasteiger partial charge on any atom is 0.408 e. The zero-order chi connectivity index (χ0) is 63.9. The minimum absolute atomic E-state index is 0.0279. The Morgan fingerprint density at radius 2 is 1.05 bits per heavy atom. The third-order valence-electron chi connectivity index (χ3n) is 12.4.